The summed E-state index contributed by atoms with van der Waals surface area (Å²) >= 11 is 0. The van der Waals surface area contributed by atoms with Crippen molar-refractivity contribution < 1.29 is 9.59 Å². The maximum Gasteiger partial charge on any atom is 0.251 e. The summed E-state index contributed by atoms with van der Waals surface area (Å²) in [6.45, 7) is 3.78. The Morgan fingerprint density at radius 1 is 1.30 bits per heavy atom. The molecule has 1 atom stereocenters. The van der Waals surface area contributed by atoms with E-state index in [1.165, 1.54) is 0 Å². The molecule has 4 N–H and O–H groups in total. The number of nitrogens with two attached hydrogens (primary N) is 1. The van der Waals surface area contributed by atoms with Gasteiger partial charge in [0.2, 0.25) is 5.91 Å². The van der Waals surface area contributed by atoms with Crippen LogP contribution in [0.5, 0.6) is 0 Å². The first kappa shape index (κ1) is 15.7. The Morgan fingerprint density at radius 3 is 2.40 bits per heavy atom. The average molecular weight is 273 g/mol. The fraction of sp³-hybridized carbons (Fsp3) is 0.333. The predicted molar refractivity (Wildman–Crippen MR) is 79.1 cm³/mol. The highest BCUT2D eigenvalue weighted by molar-refractivity contribution is 5.97. The average Bonchev–Trinajstić information content (AvgIpc) is 2.39. The van der Waals surface area contributed by atoms with Gasteiger partial charge in [0.15, 0.2) is 0 Å². The molecule has 0 saturated heterocycles. The third-order valence-corrected chi connectivity index (χ3v) is 2.51. The van der Waals surface area contributed by atoms with Crippen molar-refractivity contribution >= 4 is 17.5 Å². The molecule has 1 aromatic carbocycles. The van der Waals surface area contributed by atoms with Gasteiger partial charge in [-0.05, 0) is 38.1 Å². The van der Waals surface area contributed by atoms with E-state index in [0.717, 1.165) is 0 Å². The lowest BCUT2D eigenvalue weighted by atomic mass is 10.1. The van der Waals surface area contributed by atoms with Crippen molar-refractivity contribution in [1.82, 2.24) is 5.32 Å². The lowest BCUT2D eigenvalue weighted by Crippen LogP contribution is -2.35. The van der Waals surface area contributed by atoms with Gasteiger partial charge in [-0.1, -0.05) is 0 Å². The van der Waals surface area contributed by atoms with Gasteiger partial charge < -0.3 is 16.4 Å². The molecule has 1 rings (SSSR count). The maximum atomic E-state index is 11.7. The Labute approximate surface area is 118 Å². The van der Waals surface area contributed by atoms with E-state index in [2.05, 4.69) is 16.6 Å². The molecule has 0 heterocycles. The highest BCUT2D eigenvalue weighted by Crippen LogP contribution is 2.10. The minimum Gasteiger partial charge on any atom is -0.350 e. The summed E-state index contributed by atoms with van der Waals surface area (Å²) in [5.74, 6) is 1.84. The number of rotatable bonds is 5. The second kappa shape index (κ2) is 7.31. The van der Waals surface area contributed by atoms with Crippen LogP contribution < -0.4 is 16.4 Å². The van der Waals surface area contributed by atoms with Crippen LogP contribution in [-0.4, -0.2) is 23.9 Å². The van der Waals surface area contributed by atoms with E-state index < -0.39 is 6.04 Å². The van der Waals surface area contributed by atoms with E-state index in [0.29, 0.717) is 11.3 Å². The van der Waals surface area contributed by atoms with Crippen LogP contribution in [0.2, 0.25) is 0 Å². The molecule has 0 aliphatic carbocycles. The lowest BCUT2D eigenvalue weighted by molar-refractivity contribution is -0.117. The Bertz CT molecular complexity index is 515. The van der Waals surface area contributed by atoms with E-state index in [1.54, 1.807) is 24.3 Å². The number of carbonyl (C=O) groups excluding carboxylic acids is 2. The third kappa shape index (κ3) is 4.75. The van der Waals surface area contributed by atoms with Gasteiger partial charge in [-0.25, -0.2) is 0 Å². The zero-order valence-corrected chi connectivity index (χ0v) is 11.6. The van der Waals surface area contributed by atoms with E-state index >= 15 is 0 Å². The number of nitrogens with one attached hydrogen (secondary N) is 2. The van der Waals surface area contributed by atoms with Crippen LogP contribution in [0, 0.1) is 12.3 Å². The normalized spacial score (nSPS) is 11.6. The predicted octanol–water partition coefficient (Wildman–Crippen LogP) is 1.11. The molecule has 1 unspecified atom stereocenters. The van der Waals surface area contributed by atoms with Crippen molar-refractivity contribution in [2.24, 2.45) is 5.73 Å². The molecule has 0 aliphatic rings. The zero-order chi connectivity index (χ0) is 15.1. The van der Waals surface area contributed by atoms with Gasteiger partial charge in [0.1, 0.15) is 0 Å². The molecule has 2 amide bonds. The largest absolute Gasteiger partial charge is 0.350 e. The summed E-state index contributed by atoms with van der Waals surface area (Å²) in [5.41, 5.74) is 6.69. The number of hydrogen-bond donors (Lipinski definition) is 3. The van der Waals surface area contributed by atoms with E-state index in [4.69, 9.17) is 12.2 Å². The Hall–Kier alpha value is -2.32. The standard InChI is InChI=1S/C15H19N3O2/c1-4-5-13(16)15(20)18-12-8-6-11(7-9-12)14(19)17-10(2)3/h1,6-10,13H,5,16H2,2-3H3,(H,17,19)(H,18,20). The minimum atomic E-state index is -0.732. The summed E-state index contributed by atoms with van der Waals surface area (Å²) in [7, 11) is 0. The highest BCUT2D eigenvalue weighted by atomic mass is 16.2. The second-order valence-corrected chi connectivity index (χ2v) is 4.71. The van der Waals surface area contributed by atoms with Crippen molar-refractivity contribution in [3.8, 4) is 12.3 Å². The fourth-order valence-electron chi connectivity index (χ4n) is 1.51. The zero-order valence-electron chi connectivity index (χ0n) is 11.6. The van der Waals surface area contributed by atoms with Crippen LogP contribution >= 0.6 is 0 Å². The Balaban J connectivity index is 2.65. The smallest absolute Gasteiger partial charge is 0.251 e. The Morgan fingerprint density at radius 2 is 1.90 bits per heavy atom. The molecule has 5 heteroatoms. The van der Waals surface area contributed by atoms with Crippen LogP contribution in [0.4, 0.5) is 5.69 Å². The van der Waals surface area contributed by atoms with Crippen LogP contribution in [0.25, 0.3) is 0 Å². The number of anilines is 1. The third-order valence-electron chi connectivity index (χ3n) is 2.51. The molecule has 20 heavy (non-hydrogen) atoms. The van der Waals surface area contributed by atoms with Crippen LogP contribution in [0.1, 0.15) is 30.6 Å². The summed E-state index contributed by atoms with van der Waals surface area (Å²) in [6, 6.07) is 5.92. The quantitative estimate of drug-likeness (QED) is 0.703. The molecule has 0 bridgehead atoms. The number of carbonyl (C=O) groups is 2. The van der Waals surface area contributed by atoms with Gasteiger partial charge >= 0.3 is 0 Å². The second-order valence-electron chi connectivity index (χ2n) is 4.71. The van der Waals surface area contributed by atoms with Gasteiger partial charge in [-0.3, -0.25) is 9.59 Å². The Kier molecular flexibility index (Phi) is 5.75. The van der Waals surface area contributed by atoms with Gasteiger partial charge in [0.05, 0.1) is 6.04 Å². The summed E-state index contributed by atoms with van der Waals surface area (Å²) < 4.78 is 0. The first-order valence-corrected chi connectivity index (χ1v) is 6.35. The summed E-state index contributed by atoms with van der Waals surface area (Å²) in [6.07, 6.45) is 5.28. The van der Waals surface area contributed by atoms with Gasteiger partial charge in [0, 0.05) is 23.7 Å². The molecule has 0 saturated carbocycles. The van der Waals surface area contributed by atoms with Crippen LogP contribution in [-0.2, 0) is 4.79 Å². The maximum absolute atomic E-state index is 11.7. The SMILES string of the molecule is C#CCC(N)C(=O)Nc1ccc(C(=O)NC(C)C)cc1. The molecule has 5 nitrogen and oxygen atoms in total. The lowest BCUT2D eigenvalue weighted by Gasteiger charge is -2.11. The van der Waals surface area contributed by atoms with E-state index in [-0.39, 0.29) is 24.3 Å². The molecule has 0 aromatic heterocycles. The van der Waals surface area contributed by atoms with Crippen molar-refractivity contribution in [2.45, 2.75) is 32.4 Å². The molecule has 0 aliphatic heterocycles. The molecular weight excluding hydrogens is 254 g/mol. The summed E-state index contributed by atoms with van der Waals surface area (Å²) in [5, 5.41) is 5.43. The van der Waals surface area contributed by atoms with Crippen molar-refractivity contribution in [3.05, 3.63) is 29.8 Å². The molecule has 1 aromatic rings. The van der Waals surface area contributed by atoms with Crippen LogP contribution in [0.3, 0.4) is 0 Å². The van der Waals surface area contributed by atoms with Crippen molar-refractivity contribution in [1.29, 1.82) is 0 Å². The van der Waals surface area contributed by atoms with Gasteiger partial charge in [0.25, 0.3) is 5.91 Å². The number of benzene rings is 1. The topological polar surface area (TPSA) is 84.2 Å². The van der Waals surface area contributed by atoms with E-state index in [1.807, 2.05) is 13.8 Å². The molecule has 0 radical (unpaired) electrons. The highest BCUT2D eigenvalue weighted by Gasteiger charge is 2.12. The fourth-order valence-corrected chi connectivity index (χ4v) is 1.51. The van der Waals surface area contributed by atoms with Crippen molar-refractivity contribution in [3.63, 3.8) is 0 Å². The first-order valence-electron chi connectivity index (χ1n) is 6.35. The molecule has 106 valence electrons. The minimum absolute atomic E-state index is 0.0728. The number of hydrogen-bond acceptors (Lipinski definition) is 3. The van der Waals surface area contributed by atoms with Gasteiger partial charge in [-0.15, -0.1) is 12.3 Å². The van der Waals surface area contributed by atoms with Crippen molar-refractivity contribution in [2.75, 3.05) is 5.32 Å². The number of amides is 2. The van der Waals surface area contributed by atoms with E-state index in [9.17, 15) is 9.59 Å². The first-order chi connectivity index (χ1) is 9.43. The molecule has 0 fully saturated rings. The van der Waals surface area contributed by atoms with Gasteiger partial charge in [-0.2, -0.15) is 0 Å². The number of terminal acetylenes is 1. The monoisotopic (exact) mass is 273 g/mol. The molecule has 0 spiro atoms. The van der Waals surface area contributed by atoms with Crippen LogP contribution in [0.15, 0.2) is 24.3 Å². The molecular formula is C15H19N3O2. The summed E-state index contributed by atoms with van der Waals surface area (Å²) in [4.78, 5) is 23.4.